The summed E-state index contributed by atoms with van der Waals surface area (Å²) in [7, 11) is -3.28. The maximum absolute atomic E-state index is 13.4. The number of nitrogens with zero attached hydrogens (tertiary/aromatic N) is 1. The molecule has 0 saturated carbocycles. The first-order chi connectivity index (χ1) is 14.8. The number of sulfone groups is 1. The Morgan fingerprint density at radius 2 is 1.55 bits per heavy atom. The fourth-order valence-electron chi connectivity index (χ4n) is 2.95. The highest BCUT2D eigenvalue weighted by Gasteiger charge is 2.17. The third-order valence-electron chi connectivity index (χ3n) is 4.51. The third kappa shape index (κ3) is 5.20. The first-order valence-corrected chi connectivity index (χ1v) is 12.7. The van der Waals surface area contributed by atoms with Crippen molar-refractivity contribution >= 4 is 37.1 Å². The van der Waals surface area contributed by atoms with Gasteiger partial charge in [-0.25, -0.2) is 17.8 Å². The van der Waals surface area contributed by atoms with Gasteiger partial charge in [0, 0.05) is 16.3 Å². The lowest BCUT2D eigenvalue weighted by Gasteiger charge is -2.04. The summed E-state index contributed by atoms with van der Waals surface area (Å²) in [6, 6.07) is 20.3. The monoisotopic (exact) mass is 517 g/mol. The van der Waals surface area contributed by atoms with Crippen LogP contribution in [-0.4, -0.2) is 19.7 Å². The molecule has 4 rings (SSSR count). The Balaban J connectivity index is 1.70. The van der Waals surface area contributed by atoms with E-state index in [1.54, 1.807) is 36.4 Å². The first kappa shape index (κ1) is 21.7. The van der Waals surface area contributed by atoms with Gasteiger partial charge in [-0.05, 0) is 66.2 Å². The van der Waals surface area contributed by atoms with Crippen molar-refractivity contribution in [3.63, 3.8) is 0 Å². The summed E-state index contributed by atoms with van der Waals surface area (Å²) in [5, 5.41) is 0.754. The maximum atomic E-state index is 13.4. The topological polar surface area (TPSA) is 56.3 Å². The number of thiazole rings is 1. The number of rotatable bonds is 6. The number of hydrogen-bond donors (Lipinski definition) is 0. The average Bonchev–Trinajstić information content (AvgIpc) is 3.18. The van der Waals surface area contributed by atoms with E-state index in [9.17, 15) is 12.8 Å². The molecule has 0 amide bonds. The SMILES string of the molecule is CS(=O)(=O)c1ccc(-c2sc(COc3ccc(Br)cc3)nc2-c2ccc(F)cc2)cc1. The zero-order valence-electron chi connectivity index (χ0n) is 16.4. The minimum atomic E-state index is -3.28. The Bertz CT molecular complexity index is 1300. The molecule has 0 bridgehead atoms. The number of aromatic nitrogens is 1. The molecular formula is C23H17BrFNO3S2. The molecule has 0 spiro atoms. The van der Waals surface area contributed by atoms with E-state index in [4.69, 9.17) is 9.72 Å². The summed E-state index contributed by atoms with van der Waals surface area (Å²) < 4.78 is 43.8. The number of ether oxygens (including phenoxy) is 1. The molecule has 0 unspecified atom stereocenters. The minimum Gasteiger partial charge on any atom is -0.486 e. The van der Waals surface area contributed by atoms with Gasteiger partial charge < -0.3 is 4.74 Å². The van der Waals surface area contributed by atoms with Crippen molar-refractivity contribution in [3.05, 3.63) is 88.1 Å². The van der Waals surface area contributed by atoms with E-state index in [0.29, 0.717) is 5.69 Å². The van der Waals surface area contributed by atoms with Crippen molar-refractivity contribution in [1.82, 2.24) is 4.98 Å². The minimum absolute atomic E-state index is 0.253. The lowest BCUT2D eigenvalue weighted by Crippen LogP contribution is -1.96. The van der Waals surface area contributed by atoms with Crippen LogP contribution in [0.4, 0.5) is 4.39 Å². The van der Waals surface area contributed by atoms with Crippen LogP contribution in [-0.2, 0) is 16.4 Å². The largest absolute Gasteiger partial charge is 0.486 e. The fourth-order valence-corrected chi connectivity index (χ4v) is 4.85. The van der Waals surface area contributed by atoms with Crippen LogP contribution in [0.5, 0.6) is 5.75 Å². The van der Waals surface area contributed by atoms with Crippen molar-refractivity contribution in [3.8, 4) is 27.4 Å². The zero-order chi connectivity index (χ0) is 22.0. The highest BCUT2D eigenvalue weighted by molar-refractivity contribution is 9.10. The maximum Gasteiger partial charge on any atom is 0.175 e. The lowest BCUT2D eigenvalue weighted by molar-refractivity contribution is 0.305. The predicted octanol–water partition coefficient (Wildman–Crippen LogP) is 6.36. The quantitative estimate of drug-likeness (QED) is 0.298. The van der Waals surface area contributed by atoms with E-state index in [-0.39, 0.29) is 17.3 Å². The molecule has 0 atom stereocenters. The summed E-state index contributed by atoms with van der Waals surface area (Å²) in [4.78, 5) is 5.85. The van der Waals surface area contributed by atoms with E-state index in [2.05, 4.69) is 15.9 Å². The second-order valence-corrected chi connectivity index (χ2v) is 10.8. The summed E-state index contributed by atoms with van der Waals surface area (Å²) in [6.45, 7) is 0.280. The standard InChI is InChI=1S/C23H17BrFNO3S2/c1-31(27,28)20-12-4-16(5-13-20)23-22(15-2-8-18(25)9-3-15)26-21(30-23)14-29-19-10-6-17(24)7-11-19/h2-13H,14H2,1H3. The van der Waals surface area contributed by atoms with E-state index in [0.717, 1.165) is 31.2 Å². The first-order valence-electron chi connectivity index (χ1n) is 9.24. The van der Waals surface area contributed by atoms with Gasteiger partial charge in [0.1, 0.15) is 23.2 Å². The molecule has 4 aromatic rings. The molecule has 0 N–H and O–H groups in total. The van der Waals surface area contributed by atoms with Gasteiger partial charge in [-0.3, -0.25) is 0 Å². The van der Waals surface area contributed by atoms with Gasteiger partial charge >= 0.3 is 0 Å². The van der Waals surface area contributed by atoms with Gasteiger partial charge in [0.15, 0.2) is 9.84 Å². The Kier molecular flexibility index (Phi) is 6.22. The van der Waals surface area contributed by atoms with Crippen molar-refractivity contribution in [1.29, 1.82) is 0 Å². The van der Waals surface area contributed by atoms with Crippen molar-refractivity contribution in [2.45, 2.75) is 11.5 Å². The number of benzene rings is 3. The molecule has 0 fully saturated rings. The zero-order valence-corrected chi connectivity index (χ0v) is 19.6. The fraction of sp³-hybridized carbons (Fsp3) is 0.0870. The highest BCUT2D eigenvalue weighted by Crippen LogP contribution is 2.37. The smallest absolute Gasteiger partial charge is 0.175 e. The van der Waals surface area contributed by atoms with E-state index in [1.165, 1.54) is 29.7 Å². The molecule has 0 aliphatic rings. The molecule has 1 aromatic heterocycles. The van der Waals surface area contributed by atoms with Gasteiger partial charge in [0.2, 0.25) is 0 Å². The average molecular weight is 518 g/mol. The number of hydrogen-bond acceptors (Lipinski definition) is 5. The summed E-state index contributed by atoms with van der Waals surface area (Å²) >= 11 is 4.86. The molecule has 0 aliphatic heterocycles. The molecular weight excluding hydrogens is 501 g/mol. The number of halogens is 2. The van der Waals surface area contributed by atoms with Crippen LogP contribution in [0.1, 0.15) is 5.01 Å². The van der Waals surface area contributed by atoms with E-state index >= 15 is 0 Å². The van der Waals surface area contributed by atoms with Gasteiger partial charge in [0.25, 0.3) is 0 Å². The molecule has 158 valence electrons. The van der Waals surface area contributed by atoms with Crippen LogP contribution < -0.4 is 4.74 Å². The van der Waals surface area contributed by atoms with Crippen LogP contribution in [0.3, 0.4) is 0 Å². The molecule has 8 heteroatoms. The Morgan fingerprint density at radius 3 is 2.16 bits per heavy atom. The van der Waals surface area contributed by atoms with Crippen LogP contribution in [0.25, 0.3) is 21.7 Å². The van der Waals surface area contributed by atoms with Crippen molar-refractivity contribution in [2.24, 2.45) is 0 Å². The summed E-state index contributed by atoms with van der Waals surface area (Å²) in [5.41, 5.74) is 2.31. The van der Waals surface area contributed by atoms with E-state index in [1.807, 2.05) is 24.3 Å². The van der Waals surface area contributed by atoms with Crippen molar-refractivity contribution in [2.75, 3.05) is 6.26 Å². The molecule has 0 saturated heterocycles. The van der Waals surface area contributed by atoms with Gasteiger partial charge in [-0.2, -0.15) is 0 Å². The van der Waals surface area contributed by atoms with Crippen LogP contribution in [0.15, 0.2) is 82.2 Å². The normalized spacial score (nSPS) is 11.5. The van der Waals surface area contributed by atoms with Gasteiger partial charge in [-0.1, -0.05) is 28.1 Å². The second-order valence-electron chi connectivity index (χ2n) is 6.83. The van der Waals surface area contributed by atoms with Crippen LogP contribution >= 0.6 is 27.3 Å². The van der Waals surface area contributed by atoms with Crippen molar-refractivity contribution < 1.29 is 17.5 Å². The Morgan fingerprint density at radius 1 is 0.935 bits per heavy atom. The molecule has 3 aromatic carbocycles. The van der Waals surface area contributed by atoms with Gasteiger partial charge in [0.05, 0.1) is 15.5 Å². The lowest BCUT2D eigenvalue weighted by atomic mass is 10.1. The molecule has 31 heavy (non-hydrogen) atoms. The second kappa shape index (κ2) is 8.90. The van der Waals surface area contributed by atoms with Crippen LogP contribution in [0.2, 0.25) is 0 Å². The van der Waals surface area contributed by atoms with E-state index < -0.39 is 9.84 Å². The third-order valence-corrected chi connectivity index (χ3v) is 7.24. The molecule has 4 nitrogen and oxygen atoms in total. The highest BCUT2D eigenvalue weighted by atomic mass is 79.9. The molecule has 1 heterocycles. The molecule has 0 radical (unpaired) electrons. The summed E-state index contributed by atoms with van der Waals surface area (Å²) in [5.74, 6) is 0.401. The van der Waals surface area contributed by atoms with Crippen LogP contribution in [0, 0.1) is 5.82 Å². The Labute approximate surface area is 192 Å². The summed E-state index contributed by atoms with van der Waals surface area (Å²) in [6.07, 6.45) is 1.18. The van der Waals surface area contributed by atoms with Gasteiger partial charge in [-0.15, -0.1) is 11.3 Å². The molecule has 0 aliphatic carbocycles. The predicted molar refractivity (Wildman–Crippen MR) is 125 cm³/mol. The Hall–Kier alpha value is -2.55.